The predicted octanol–water partition coefficient (Wildman–Crippen LogP) is 0.525. The molecule has 10 heteroatoms. The number of benzene rings is 1. The fourth-order valence-corrected chi connectivity index (χ4v) is 3.77. The number of nitrogens with two attached hydrogens (primary N) is 1. The Hall–Kier alpha value is -1.36. The van der Waals surface area contributed by atoms with Crippen molar-refractivity contribution in [1.82, 2.24) is 0 Å². The number of aryl methyl sites for hydroxylation is 1. The van der Waals surface area contributed by atoms with E-state index in [0.29, 0.717) is 5.56 Å². The van der Waals surface area contributed by atoms with Gasteiger partial charge in [0.25, 0.3) is 0 Å². The number of anilines is 1. The van der Waals surface area contributed by atoms with Crippen molar-refractivity contribution in [2.75, 3.05) is 12.8 Å². The minimum Gasteiger partial charge on any atom is -0.495 e. The molecule has 1 aromatic carbocycles. The Morgan fingerprint density at radius 2 is 1.80 bits per heavy atom. The molecule has 0 heterocycles. The standard InChI is InChI=1S/C10H15NO7S2/c1-6-4-8(11)9(17-3)5-10(6)19(12,13)7(2)18-20(14,15)16/h4-5,7H,11H2,1-3H3,(H,14,15,16). The van der Waals surface area contributed by atoms with Crippen molar-refractivity contribution in [3.63, 3.8) is 0 Å². The minimum absolute atomic E-state index is 0.133. The molecule has 0 aliphatic rings. The highest BCUT2D eigenvalue weighted by atomic mass is 32.3. The summed E-state index contributed by atoms with van der Waals surface area (Å²) in [5.74, 6) is 0.133. The van der Waals surface area contributed by atoms with Crippen LogP contribution in [0.3, 0.4) is 0 Å². The first-order valence-corrected chi connectivity index (χ1v) is 8.24. The van der Waals surface area contributed by atoms with Gasteiger partial charge in [-0.05, 0) is 25.5 Å². The van der Waals surface area contributed by atoms with Gasteiger partial charge in [0.2, 0.25) is 9.84 Å². The smallest absolute Gasteiger partial charge is 0.398 e. The quantitative estimate of drug-likeness (QED) is 0.591. The van der Waals surface area contributed by atoms with Crippen LogP contribution in [0.5, 0.6) is 5.75 Å². The second-order valence-corrected chi connectivity index (χ2v) is 7.24. The van der Waals surface area contributed by atoms with Gasteiger partial charge < -0.3 is 10.5 Å². The van der Waals surface area contributed by atoms with E-state index in [1.54, 1.807) is 0 Å². The SMILES string of the molecule is COc1cc(S(=O)(=O)C(C)OS(=O)(=O)O)c(C)cc1N. The van der Waals surface area contributed by atoms with Gasteiger partial charge in [0.15, 0.2) is 5.44 Å². The number of nitrogen functional groups attached to an aromatic ring is 1. The highest BCUT2D eigenvalue weighted by molar-refractivity contribution is 7.92. The number of hydrogen-bond acceptors (Lipinski definition) is 7. The van der Waals surface area contributed by atoms with Crippen LogP contribution in [0.25, 0.3) is 0 Å². The average molecular weight is 325 g/mol. The lowest BCUT2D eigenvalue weighted by Gasteiger charge is -2.15. The molecule has 0 radical (unpaired) electrons. The third kappa shape index (κ3) is 3.60. The molecule has 0 fully saturated rings. The van der Waals surface area contributed by atoms with Gasteiger partial charge in [-0.25, -0.2) is 12.6 Å². The maximum absolute atomic E-state index is 12.2. The van der Waals surface area contributed by atoms with Crippen molar-refractivity contribution in [2.24, 2.45) is 0 Å². The van der Waals surface area contributed by atoms with Crippen LogP contribution in [0.4, 0.5) is 5.69 Å². The molecule has 0 saturated heterocycles. The maximum Gasteiger partial charge on any atom is 0.398 e. The van der Waals surface area contributed by atoms with Crippen LogP contribution in [-0.2, 0) is 24.4 Å². The molecular weight excluding hydrogens is 310 g/mol. The Bertz CT molecular complexity index is 709. The van der Waals surface area contributed by atoms with E-state index in [4.69, 9.17) is 15.0 Å². The van der Waals surface area contributed by atoms with Crippen LogP contribution in [0.15, 0.2) is 17.0 Å². The molecule has 1 rings (SSSR count). The van der Waals surface area contributed by atoms with Crippen molar-refractivity contribution in [3.05, 3.63) is 17.7 Å². The summed E-state index contributed by atoms with van der Waals surface area (Å²) in [6, 6.07) is 2.55. The van der Waals surface area contributed by atoms with Crippen LogP contribution in [-0.4, -0.2) is 33.9 Å². The average Bonchev–Trinajstić information content (AvgIpc) is 2.26. The van der Waals surface area contributed by atoms with Crippen LogP contribution in [0, 0.1) is 6.92 Å². The molecule has 0 amide bonds. The Morgan fingerprint density at radius 3 is 2.25 bits per heavy atom. The third-order valence-corrected chi connectivity index (χ3v) is 5.20. The fourth-order valence-electron chi connectivity index (χ4n) is 1.58. The molecule has 0 aliphatic heterocycles. The monoisotopic (exact) mass is 325 g/mol. The molecule has 1 atom stereocenters. The Balaban J connectivity index is 3.36. The van der Waals surface area contributed by atoms with Crippen LogP contribution in [0.2, 0.25) is 0 Å². The van der Waals surface area contributed by atoms with Crippen molar-refractivity contribution >= 4 is 25.9 Å². The van der Waals surface area contributed by atoms with Gasteiger partial charge in [-0.15, -0.1) is 0 Å². The highest BCUT2D eigenvalue weighted by Gasteiger charge is 2.30. The van der Waals surface area contributed by atoms with Gasteiger partial charge in [0.05, 0.1) is 17.7 Å². The number of ether oxygens (including phenoxy) is 1. The first-order chi connectivity index (χ1) is 8.99. The second kappa shape index (κ2) is 5.56. The summed E-state index contributed by atoms with van der Waals surface area (Å²) in [4.78, 5) is -0.195. The number of hydrogen-bond donors (Lipinski definition) is 2. The first-order valence-electron chi connectivity index (χ1n) is 5.32. The maximum atomic E-state index is 12.2. The number of sulfone groups is 1. The summed E-state index contributed by atoms with van der Waals surface area (Å²) in [6.07, 6.45) is 0. The zero-order valence-corrected chi connectivity index (χ0v) is 12.7. The molecule has 0 aromatic heterocycles. The van der Waals surface area contributed by atoms with E-state index in [2.05, 4.69) is 4.18 Å². The van der Waals surface area contributed by atoms with Crippen LogP contribution in [0.1, 0.15) is 12.5 Å². The molecule has 114 valence electrons. The number of rotatable bonds is 5. The molecule has 3 N–H and O–H groups in total. The van der Waals surface area contributed by atoms with Crippen molar-refractivity contribution in [3.8, 4) is 5.75 Å². The van der Waals surface area contributed by atoms with Gasteiger partial charge in [0.1, 0.15) is 5.75 Å². The largest absolute Gasteiger partial charge is 0.495 e. The second-order valence-electron chi connectivity index (χ2n) is 4.00. The lowest BCUT2D eigenvalue weighted by molar-refractivity contribution is 0.251. The minimum atomic E-state index is -4.89. The Morgan fingerprint density at radius 1 is 1.25 bits per heavy atom. The summed E-state index contributed by atoms with van der Waals surface area (Å²) in [5.41, 5.74) is 4.39. The first kappa shape index (κ1) is 16.7. The van der Waals surface area contributed by atoms with E-state index in [0.717, 1.165) is 6.92 Å². The molecule has 0 aliphatic carbocycles. The molecular formula is C10H15NO7S2. The van der Waals surface area contributed by atoms with E-state index in [1.807, 2.05) is 0 Å². The van der Waals surface area contributed by atoms with Crippen LogP contribution >= 0.6 is 0 Å². The summed E-state index contributed by atoms with van der Waals surface area (Å²) in [5, 5.41) is 0. The molecule has 1 unspecified atom stereocenters. The molecule has 8 nitrogen and oxygen atoms in total. The molecule has 0 saturated carbocycles. The summed E-state index contributed by atoms with van der Waals surface area (Å²) in [7, 11) is -7.72. The summed E-state index contributed by atoms with van der Waals surface area (Å²) in [6.45, 7) is 2.48. The summed E-state index contributed by atoms with van der Waals surface area (Å²) >= 11 is 0. The zero-order chi connectivity index (χ0) is 15.7. The van der Waals surface area contributed by atoms with Crippen LogP contribution < -0.4 is 10.5 Å². The Labute approximate surface area is 117 Å². The number of methoxy groups -OCH3 is 1. The lowest BCUT2D eigenvalue weighted by atomic mass is 10.2. The van der Waals surface area contributed by atoms with Gasteiger partial charge >= 0.3 is 10.4 Å². The van der Waals surface area contributed by atoms with Gasteiger partial charge in [0, 0.05) is 6.07 Å². The zero-order valence-electron chi connectivity index (χ0n) is 11.0. The predicted molar refractivity (Wildman–Crippen MR) is 71.4 cm³/mol. The molecule has 1 aromatic rings. The topological polar surface area (TPSA) is 133 Å². The third-order valence-electron chi connectivity index (χ3n) is 2.53. The molecule has 0 spiro atoms. The van der Waals surface area contributed by atoms with Crippen molar-refractivity contribution < 1.29 is 30.3 Å². The van der Waals surface area contributed by atoms with Gasteiger partial charge in [-0.2, -0.15) is 8.42 Å². The van der Waals surface area contributed by atoms with E-state index < -0.39 is 25.7 Å². The fraction of sp³-hybridized carbons (Fsp3) is 0.400. The van der Waals surface area contributed by atoms with Crippen molar-refractivity contribution in [2.45, 2.75) is 24.2 Å². The van der Waals surface area contributed by atoms with Crippen molar-refractivity contribution in [1.29, 1.82) is 0 Å². The Kier molecular flexibility index (Phi) is 4.64. The van der Waals surface area contributed by atoms with Gasteiger partial charge in [-0.3, -0.25) is 4.55 Å². The molecule has 20 heavy (non-hydrogen) atoms. The molecule has 0 bridgehead atoms. The lowest BCUT2D eigenvalue weighted by Crippen LogP contribution is -2.25. The van der Waals surface area contributed by atoms with E-state index in [9.17, 15) is 16.8 Å². The van der Waals surface area contributed by atoms with E-state index in [-0.39, 0.29) is 16.3 Å². The van der Waals surface area contributed by atoms with Gasteiger partial charge in [-0.1, -0.05) is 0 Å². The van der Waals surface area contributed by atoms with E-state index in [1.165, 1.54) is 26.2 Å². The summed E-state index contributed by atoms with van der Waals surface area (Å²) < 4.78 is 63.2. The highest BCUT2D eigenvalue weighted by Crippen LogP contribution is 2.30. The van der Waals surface area contributed by atoms with E-state index >= 15 is 0 Å². The normalized spacial score (nSPS) is 14.0.